The number of amides is 1. The number of nitrogens with one attached hydrogen (secondary N) is 1. The zero-order valence-corrected chi connectivity index (χ0v) is 15.9. The van der Waals surface area contributed by atoms with Gasteiger partial charge in [-0.1, -0.05) is 55.8 Å². The van der Waals surface area contributed by atoms with Crippen molar-refractivity contribution in [1.82, 2.24) is 10.4 Å². The maximum Gasteiger partial charge on any atom is 0.268 e. The summed E-state index contributed by atoms with van der Waals surface area (Å²) >= 11 is 0. The number of hydrazine groups is 1. The lowest BCUT2D eigenvalue weighted by Crippen LogP contribution is -2.53. The number of carbonyl (C=O) groups is 1. The van der Waals surface area contributed by atoms with Crippen molar-refractivity contribution in [3.63, 3.8) is 0 Å². The maximum absolute atomic E-state index is 13.0. The lowest BCUT2D eigenvalue weighted by Gasteiger charge is -2.36. The Morgan fingerprint density at radius 2 is 1.60 bits per heavy atom. The Bertz CT molecular complexity index is 657. The highest BCUT2D eigenvalue weighted by Gasteiger charge is 2.27. The third kappa shape index (κ3) is 5.71. The van der Waals surface area contributed by atoms with Gasteiger partial charge < -0.3 is 0 Å². The van der Waals surface area contributed by atoms with Gasteiger partial charge in [0.05, 0.1) is 5.54 Å². The summed E-state index contributed by atoms with van der Waals surface area (Å²) in [7, 11) is 0. The molecular formula is C22H30N2O. The smallest absolute Gasteiger partial charge is 0.268 e. The van der Waals surface area contributed by atoms with Crippen LogP contribution in [-0.2, 0) is 13.0 Å². The SMILES string of the molecule is CCCCc1ccc(C(=O)N(NCc2ccccc2)C(C)(C)C)cc1. The minimum atomic E-state index is -0.313. The number of rotatable bonds is 7. The predicted octanol–water partition coefficient (Wildman–Crippen LogP) is 4.97. The van der Waals surface area contributed by atoms with Crippen LogP contribution in [0.1, 0.15) is 62.0 Å². The Labute approximate surface area is 152 Å². The molecule has 0 aliphatic rings. The molecule has 0 aliphatic heterocycles. The lowest BCUT2D eigenvalue weighted by atomic mass is 10.0. The van der Waals surface area contributed by atoms with Crippen molar-refractivity contribution in [3.8, 4) is 0 Å². The van der Waals surface area contributed by atoms with Crippen LogP contribution in [0.2, 0.25) is 0 Å². The normalized spacial score (nSPS) is 11.4. The third-order valence-corrected chi connectivity index (χ3v) is 4.18. The molecular weight excluding hydrogens is 308 g/mol. The van der Waals surface area contributed by atoms with Gasteiger partial charge in [-0.15, -0.1) is 0 Å². The fourth-order valence-corrected chi connectivity index (χ4v) is 2.70. The summed E-state index contributed by atoms with van der Waals surface area (Å²) in [5.74, 6) is 0.00507. The second kappa shape index (κ2) is 8.82. The van der Waals surface area contributed by atoms with E-state index in [0.717, 1.165) is 17.5 Å². The average molecular weight is 338 g/mol. The highest BCUT2D eigenvalue weighted by Crippen LogP contribution is 2.17. The molecule has 0 saturated carbocycles. The van der Waals surface area contributed by atoms with Gasteiger partial charge in [0.2, 0.25) is 0 Å². The fraction of sp³-hybridized carbons (Fsp3) is 0.409. The van der Waals surface area contributed by atoms with Crippen LogP contribution in [0.15, 0.2) is 54.6 Å². The van der Waals surface area contributed by atoms with Crippen LogP contribution in [0.4, 0.5) is 0 Å². The number of hydrogen-bond donors (Lipinski definition) is 1. The molecule has 134 valence electrons. The Morgan fingerprint density at radius 3 is 2.16 bits per heavy atom. The van der Waals surface area contributed by atoms with Gasteiger partial charge in [0.15, 0.2) is 0 Å². The van der Waals surface area contributed by atoms with E-state index in [-0.39, 0.29) is 11.4 Å². The highest BCUT2D eigenvalue weighted by atomic mass is 16.2. The van der Waals surface area contributed by atoms with E-state index in [1.165, 1.54) is 18.4 Å². The van der Waals surface area contributed by atoms with Gasteiger partial charge >= 0.3 is 0 Å². The van der Waals surface area contributed by atoms with Crippen molar-refractivity contribution < 1.29 is 4.79 Å². The molecule has 3 heteroatoms. The Morgan fingerprint density at radius 1 is 0.960 bits per heavy atom. The van der Waals surface area contributed by atoms with E-state index in [0.29, 0.717) is 6.54 Å². The predicted molar refractivity (Wildman–Crippen MR) is 104 cm³/mol. The number of carbonyl (C=O) groups excluding carboxylic acids is 1. The summed E-state index contributed by atoms with van der Waals surface area (Å²) in [5.41, 5.74) is 6.15. The molecule has 3 nitrogen and oxygen atoms in total. The van der Waals surface area contributed by atoms with Gasteiger partial charge in [0.25, 0.3) is 5.91 Å². The standard InChI is InChI=1S/C22H30N2O/c1-5-6-10-18-13-15-20(16-14-18)21(25)24(22(2,3)4)23-17-19-11-8-7-9-12-19/h7-9,11-16,23H,5-6,10,17H2,1-4H3. The number of aryl methyl sites for hydroxylation is 1. The van der Waals surface area contributed by atoms with E-state index in [4.69, 9.17) is 0 Å². The minimum absolute atomic E-state index is 0.00507. The molecule has 25 heavy (non-hydrogen) atoms. The van der Waals surface area contributed by atoms with E-state index < -0.39 is 0 Å². The Hall–Kier alpha value is -2.13. The second-order valence-corrected chi connectivity index (χ2v) is 7.43. The first-order valence-electron chi connectivity index (χ1n) is 9.12. The molecule has 0 atom stereocenters. The van der Waals surface area contributed by atoms with Crippen LogP contribution >= 0.6 is 0 Å². The van der Waals surface area contributed by atoms with Crippen molar-refractivity contribution >= 4 is 5.91 Å². The monoisotopic (exact) mass is 338 g/mol. The largest absolute Gasteiger partial charge is 0.268 e. The summed E-state index contributed by atoms with van der Waals surface area (Å²) in [4.78, 5) is 13.0. The van der Waals surface area contributed by atoms with Gasteiger partial charge in [-0.25, -0.2) is 5.43 Å². The van der Waals surface area contributed by atoms with E-state index in [9.17, 15) is 4.79 Å². The molecule has 0 aromatic heterocycles. The molecule has 0 unspecified atom stereocenters. The van der Waals surface area contributed by atoms with Crippen molar-refractivity contribution in [2.45, 2.75) is 59.0 Å². The maximum atomic E-state index is 13.0. The van der Waals surface area contributed by atoms with Gasteiger partial charge in [-0.3, -0.25) is 9.80 Å². The van der Waals surface area contributed by atoms with Crippen LogP contribution < -0.4 is 5.43 Å². The van der Waals surface area contributed by atoms with Gasteiger partial charge in [-0.05, 0) is 56.9 Å². The molecule has 1 amide bonds. The summed E-state index contributed by atoms with van der Waals surface area (Å²) < 4.78 is 0. The molecule has 0 saturated heterocycles. The molecule has 2 rings (SSSR count). The van der Waals surface area contributed by atoms with Crippen molar-refractivity contribution in [2.24, 2.45) is 0 Å². The summed E-state index contributed by atoms with van der Waals surface area (Å²) in [6.45, 7) is 8.94. The van der Waals surface area contributed by atoms with Crippen LogP contribution in [0.5, 0.6) is 0 Å². The number of hydrogen-bond acceptors (Lipinski definition) is 2. The average Bonchev–Trinajstić information content (AvgIpc) is 2.60. The van der Waals surface area contributed by atoms with Gasteiger partial charge in [0.1, 0.15) is 0 Å². The number of benzene rings is 2. The van der Waals surface area contributed by atoms with Crippen molar-refractivity contribution in [1.29, 1.82) is 0 Å². The Balaban J connectivity index is 2.10. The topological polar surface area (TPSA) is 32.3 Å². The summed E-state index contributed by atoms with van der Waals surface area (Å²) in [5, 5.41) is 1.74. The van der Waals surface area contributed by atoms with E-state index in [1.54, 1.807) is 5.01 Å². The molecule has 0 heterocycles. The van der Waals surface area contributed by atoms with Gasteiger partial charge in [0, 0.05) is 12.1 Å². The molecule has 0 spiro atoms. The first-order valence-corrected chi connectivity index (χ1v) is 9.12. The molecule has 1 N–H and O–H groups in total. The lowest BCUT2D eigenvalue weighted by molar-refractivity contribution is 0.0390. The first kappa shape index (κ1) is 19.2. The molecule has 2 aromatic carbocycles. The molecule has 0 radical (unpaired) electrons. The fourth-order valence-electron chi connectivity index (χ4n) is 2.70. The first-order chi connectivity index (χ1) is 11.9. The zero-order chi connectivity index (χ0) is 18.3. The van der Waals surface area contributed by atoms with E-state index in [1.807, 2.05) is 51.1 Å². The second-order valence-electron chi connectivity index (χ2n) is 7.43. The van der Waals surface area contributed by atoms with Crippen LogP contribution in [-0.4, -0.2) is 16.5 Å². The molecule has 2 aromatic rings. The number of unbranched alkanes of at least 4 members (excludes halogenated alkanes) is 1. The van der Waals surface area contributed by atoms with Gasteiger partial charge in [-0.2, -0.15) is 0 Å². The quantitative estimate of drug-likeness (QED) is 0.723. The molecule has 0 bridgehead atoms. The van der Waals surface area contributed by atoms with Crippen LogP contribution in [0.25, 0.3) is 0 Å². The summed E-state index contributed by atoms with van der Waals surface area (Å²) in [6.07, 6.45) is 3.43. The van der Waals surface area contributed by atoms with E-state index in [2.05, 4.69) is 36.6 Å². The third-order valence-electron chi connectivity index (χ3n) is 4.18. The van der Waals surface area contributed by atoms with Crippen molar-refractivity contribution in [3.05, 3.63) is 71.3 Å². The molecule has 0 fully saturated rings. The molecule has 0 aliphatic carbocycles. The number of nitrogens with zero attached hydrogens (tertiary/aromatic N) is 1. The summed E-state index contributed by atoms with van der Waals surface area (Å²) in [6, 6.07) is 18.1. The van der Waals surface area contributed by atoms with Crippen LogP contribution in [0.3, 0.4) is 0 Å². The van der Waals surface area contributed by atoms with Crippen LogP contribution in [0, 0.1) is 0 Å². The Kier molecular flexibility index (Phi) is 6.77. The highest BCUT2D eigenvalue weighted by molar-refractivity contribution is 5.94. The zero-order valence-electron chi connectivity index (χ0n) is 15.9. The minimum Gasteiger partial charge on any atom is -0.268 e. The van der Waals surface area contributed by atoms with Crippen molar-refractivity contribution in [2.75, 3.05) is 0 Å². The van der Waals surface area contributed by atoms with E-state index >= 15 is 0 Å².